The topological polar surface area (TPSA) is 47.3 Å². The normalized spacial score (nSPS) is 10.1. The van der Waals surface area contributed by atoms with Gasteiger partial charge in [0, 0.05) is 12.6 Å². The maximum Gasteiger partial charge on any atom is 0.101 e. The lowest BCUT2D eigenvalue weighted by Crippen LogP contribution is -2.31. The van der Waals surface area contributed by atoms with Gasteiger partial charge in [0.1, 0.15) is 6.07 Å². The number of nitriles is 1. The molecule has 0 saturated carbocycles. The molecule has 0 bridgehead atoms. The van der Waals surface area contributed by atoms with Gasteiger partial charge in [-0.1, -0.05) is 12.1 Å². The zero-order valence-electron chi connectivity index (χ0n) is 10.3. The average molecular weight is 230 g/mol. The molecule has 1 rings (SSSR count). The highest BCUT2D eigenvalue weighted by Crippen LogP contribution is 2.23. The third-order valence-electron chi connectivity index (χ3n) is 2.62. The van der Waals surface area contributed by atoms with Crippen molar-refractivity contribution in [2.75, 3.05) is 11.4 Å². The second kappa shape index (κ2) is 6.07. The Kier molecular flexibility index (Phi) is 4.74. The number of aliphatic hydroxyl groups is 1. The fourth-order valence-electron chi connectivity index (χ4n) is 1.75. The first-order valence-electron chi connectivity index (χ1n) is 5.65. The smallest absolute Gasteiger partial charge is 0.101 e. The predicted octanol–water partition coefficient (Wildman–Crippen LogP) is 2.45. The Morgan fingerprint density at radius 2 is 2.24 bits per heavy atom. The summed E-state index contributed by atoms with van der Waals surface area (Å²) in [5.74, 6) is 0. The first kappa shape index (κ1) is 13.3. The van der Waals surface area contributed by atoms with Crippen molar-refractivity contribution in [1.29, 1.82) is 5.26 Å². The standard InChI is InChI=1S/C14H18N2O/c1-4-7-16(11(2)3)14-6-5-12(10-17)8-13(14)9-15/h4-6,8,11,17H,1,7,10H2,2-3H3. The van der Waals surface area contributed by atoms with Crippen LogP contribution in [0, 0.1) is 11.3 Å². The maximum absolute atomic E-state index is 9.15. The number of aliphatic hydroxyl groups excluding tert-OH is 1. The zero-order valence-corrected chi connectivity index (χ0v) is 10.3. The van der Waals surface area contributed by atoms with Gasteiger partial charge in [-0.05, 0) is 31.5 Å². The van der Waals surface area contributed by atoms with E-state index in [0.717, 1.165) is 11.3 Å². The van der Waals surface area contributed by atoms with Crippen molar-refractivity contribution in [2.24, 2.45) is 0 Å². The van der Waals surface area contributed by atoms with Gasteiger partial charge in [0.2, 0.25) is 0 Å². The third-order valence-corrected chi connectivity index (χ3v) is 2.62. The van der Waals surface area contributed by atoms with Gasteiger partial charge in [0.05, 0.1) is 17.9 Å². The van der Waals surface area contributed by atoms with Gasteiger partial charge in [-0.2, -0.15) is 5.26 Å². The minimum atomic E-state index is -0.0436. The molecule has 0 aliphatic carbocycles. The Balaban J connectivity index is 3.19. The summed E-state index contributed by atoms with van der Waals surface area (Å²) in [5, 5.41) is 18.2. The summed E-state index contributed by atoms with van der Waals surface area (Å²) in [6.07, 6.45) is 1.82. The first-order chi connectivity index (χ1) is 8.13. The lowest BCUT2D eigenvalue weighted by Gasteiger charge is -2.28. The van der Waals surface area contributed by atoms with Crippen LogP contribution < -0.4 is 4.90 Å². The highest BCUT2D eigenvalue weighted by Gasteiger charge is 2.13. The van der Waals surface area contributed by atoms with Gasteiger partial charge in [0.25, 0.3) is 0 Å². The molecule has 0 aliphatic rings. The largest absolute Gasteiger partial charge is 0.392 e. The number of rotatable bonds is 5. The summed E-state index contributed by atoms with van der Waals surface area (Å²) in [6, 6.07) is 7.92. The number of benzene rings is 1. The van der Waals surface area contributed by atoms with Gasteiger partial charge in [-0.3, -0.25) is 0 Å². The van der Waals surface area contributed by atoms with Crippen LogP contribution in [0.4, 0.5) is 5.69 Å². The van der Waals surface area contributed by atoms with E-state index in [1.807, 2.05) is 18.2 Å². The fourth-order valence-corrected chi connectivity index (χ4v) is 1.75. The Hall–Kier alpha value is -1.79. The molecule has 0 saturated heterocycles. The summed E-state index contributed by atoms with van der Waals surface area (Å²) in [5.41, 5.74) is 2.24. The molecular weight excluding hydrogens is 212 g/mol. The van der Waals surface area contributed by atoms with Gasteiger partial charge in [-0.25, -0.2) is 0 Å². The molecule has 0 heterocycles. The van der Waals surface area contributed by atoms with Crippen LogP contribution in [0.15, 0.2) is 30.9 Å². The van der Waals surface area contributed by atoms with E-state index in [9.17, 15) is 0 Å². The number of hydrogen-bond acceptors (Lipinski definition) is 3. The van der Waals surface area contributed by atoms with Crippen molar-refractivity contribution >= 4 is 5.69 Å². The summed E-state index contributed by atoms with van der Waals surface area (Å²) in [7, 11) is 0. The molecule has 0 aromatic heterocycles. The average Bonchev–Trinajstić information content (AvgIpc) is 2.35. The third kappa shape index (κ3) is 3.08. The molecule has 0 fully saturated rings. The molecule has 17 heavy (non-hydrogen) atoms. The lowest BCUT2D eigenvalue weighted by atomic mass is 10.1. The van der Waals surface area contributed by atoms with E-state index in [1.54, 1.807) is 6.07 Å². The summed E-state index contributed by atoms with van der Waals surface area (Å²) < 4.78 is 0. The van der Waals surface area contributed by atoms with Gasteiger partial charge < -0.3 is 10.0 Å². The SMILES string of the molecule is C=CCN(c1ccc(CO)cc1C#N)C(C)C. The second-order valence-electron chi connectivity index (χ2n) is 4.16. The molecule has 3 nitrogen and oxygen atoms in total. The quantitative estimate of drug-likeness (QED) is 0.790. The Labute approximate surface area is 103 Å². The number of nitrogens with zero attached hydrogens (tertiary/aromatic N) is 2. The minimum Gasteiger partial charge on any atom is -0.392 e. The van der Waals surface area contributed by atoms with E-state index in [4.69, 9.17) is 10.4 Å². The molecule has 0 atom stereocenters. The molecule has 90 valence electrons. The van der Waals surface area contributed by atoms with Crippen LogP contribution in [0.1, 0.15) is 25.0 Å². The van der Waals surface area contributed by atoms with Gasteiger partial charge >= 0.3 is 0 Å². The van der Waals surface area contributed by atoms with Crippen LogP contribution in [0.2, 0.25) is 0 Å². The highest BCUT2D eigenvalue weighted by molar-refractivity contribution is 5.61. The van der Waals surface area contributed by atoms with E-state index in [2.05, 4.69) is 31.4 Å². The van der Waals surface area contributed by atoms with Crippen LogP contribution in [0.3, 0.4) is 0 Å². The Morgan fingerprint density at radius 3 is 2.71 bits per heavy atom. The molecule has 1 aromatic rings. The lowest BCUT2D eigenvalue weighted by molar-refractivity contribution is 0.282. The Bertz CT molecular complexity index is 432. The van der Waals surface area contributed by atoms with E-state index in [1.165, 1.54) is 0 Å². The molecule has 3 heteroatoms. The zero-order chi connectivity index (χ0) is 12.8. The van der Waals surface area contributed by atoms with Gasteiger partial charge in [-0.15, -0.1) is 6.58 Å². The summed E-state index contributed by atoms with van der Waals surface area (Å²) in [4.78, 5) is 2.10. The molecule has 0 aliphatic heterocycles. The van der Waals surface area contributed by atoms with Crippen LogP contribution in [-0.2, 0) is 6.61 Å². The molecule has 0 unspecified atom stereocenters. The van der Waals surface area contributed by atoms with Crippen LogP contribution in [-0.4, -0.2) is 17.7 Å². The van der Waals surface area contributed by atoms with Crippen molar-refractivity contribution in [3.8, 4) is 6.07 Å². The minimum absolute atomic E-state index is 0.0436. The molecule has 0 spiro atoms. The van der Waals surface area contributed by atoms with E-state index >= 15 is 0 Å². The van der Waals surface area contributed by atoms with Crippen LogP contribution >= 0.6 is 0 Å². The molecule has 1 aromatic carbocycles. The van der Waals surface area contributed by atoms with Crippen molar-refractivity contribution in [3.63, 3.8) is 0 Å². The highest BCUT2D eigenvalue weighted by atomic mass is 16.3. The first-order valence-corrected chi connectivity index (χ1v) is 5.65. The number of hydrogen-bond donors (Lipinski definition) is 1. The summed E-state index contributed by atoms with van der Waals surface area (Å²) >= 11 is 0. The molecule has 0 amide bonds. The van der Waals surface area contributed by atoms with E-state index < -0.39 is 0 Å². The van der Waals surface area contributed by atoms with Crippen LogP contribution in [0.5, 0.6) is 0 Å². The van der Waals surface area contributed by atoms with Crippen molar-refractivity contribution < 1.29 is 5.11 Å². The molecular formula is C14H18N2O. The van der Waals surface area contributed by atoms with Gasteiger partial charge in [0.15, 0.2) is 0 Å². The summed E-state index contributed by atoms with van der Waals surface area (Å²) in [6.45, 7) is 8.54. The molecule has 0 radical (unpaired) electrons. The fraction of sp³-hybridized carbons (Fsp3) is 0.357. The molecule has 1 N–H and O–H groups in total. The van der Waals surface area contributed by atoms with Crippen molar-refractivity contribution in [3.05, 3.63) is 42.0 Å². The predicted molar refractivity (Wildman–Crippen MR) is 69.8 cm³/mol. The second-order valence-corrected chi connectivity index (χ2v) is 4.16. The maximum atomic E-state index is 9.15. The van der Waals surface area contributed by atoms with E-state index in [-0.39, 0.29) is 6.61 Å². The van der Waals surface area contributed by atoms with E-state index in [0.29, 0.717) is 18.2 Å². The number of anilines is 1. The Morgan fingerprint density at radius 1 is 1.53 bits per heavy atom. The monoisotopic (exact) mass is 230 g/mol. The van der Waals surface area contributed by atoms with Crippen LogP contribution in [0.25, 0.3) is 0 Å². The van der Waals surface area contributed by atoms with Crippen molar-refractivity contribution in [2.45, 2.75) is 26.5 Å². The van der Waals surface area contributed by atoms with Crippen molar-refractivity contribution in [1.82, 2.24) is 0 Å².